The zero-order chi connectivity index (χ0) is 12.9. The summed E-state index contributed by atoms with van der Waals surface area (Å²) in [5.74, 6) is 0.235. The Morgan fingerprint density at radius 3 is 2.71 bits per heavy atom. The van der Waals surface area contributed by atoms with Crippen LogP contribution in [-0.4, -0.2) is 61.0 Å². The molecule has 0 saturated carbocycles. The van der Waals surface area contributed by atoms with Crippen LogP contribution in [0.1, 0.15) is 33.6 Å². The first-order valence-corrected chi connectivity index (χ1v) is 6.67. The Bertz CT molecular complexity index is 245. The molecule has 0 aromatic heterocycles. The van der Waals surface area contributed by atoms with Gasteiger partial charge in [0.05, 0.1) is 6.54 Å². The average molecular weight is 241 g/mol. The van der Waals surface area contributed by atoms with Gasteiger partial charge in [-0.3, -0.25) is 9.69 Å². The van der Waals surface area contributed by atoms with Gasteiger partial charge in [-0.2, -0.15) is 0 Å². The van der Waals surface area contributed by atoms with Crippen LogP contribution in [-0.2, 0) is 4.79 Å². The number of rotatable bonds is 4. The van der Waals surface area contributed by atoms with Crippen LogP contribution < -0.4 is 5.32 Å². The third kappa shape index (κ3) is 4.28. The molecule has 1 rings (SSSR count). The molecule has 1 heterocycles. The van der Waals surface area contributed by atoms with Crippen molar-refractivity contribution in [1.82, 2.24) is 15.1 Å². The Kier molecular flexibility index (Phi) is 5.40. The van der Waals surface area contributed by atoms with Crippen LogP contribution in [0.15, 0.2) is 0 Å². The third-order valence-corrected chi connectivity index (χ3v) is 3.94. The molecule has 1 aliphatic rings. The van der Waals surface area contributed by atoms with Crippen molar-refractivity contribution in [2.24, 2.45) is 0 Å². The molecule has 17 heavy (non-hydrogen) atoms. The van der Waals surface area contributed by atoms with Crippen molar-refractivity contribution >= 4 is 5.91 Å². The number of likely N-dealkylation sites (N-methyl/N-ethyl adjacent to an activating group) is 1. The predicted octanol–water partition coefficient (Wildman–Crippen LogP) is 0.929. The first kappa shape index (κ1) is 14.5. The van der Waals surface area contributed by atoms with Crippen molar-refractivity contribution in [1.29, 1.82) is 0 Å². The lowest BCUT2D eigenvalue weighted by molar-refractivity contribution is -0.135. The quantitative estimate of drug-likeness (QED) is 0.795. The third-order valence-electron chi connectivity index (χ3n) is 3.94. The molecular weight excluding hydrogens is 214 g/mol. The molecule has 0 aromatic carbocycles. The standard InChI is InChI=1S/C13H27N3O/c1-5-13(2,3)15(4)12(17)11-16-9-6-7-14-8-10-16/h14H,5-11H2,1-4H3. The average Bonchev–Trinajstić information content (AvgIpc) is 2.56. The van der Waals surface area contributed by atoms with Gasteiger partial charge in [0.15, 0.2) is 0 Å². The molecule has 0 unspecified atom stereocenters. The zero-order valence-electron chi connectivity index (χ0n) is 11.8. The summed E-state index contributed by atoms with van der Waals surface area (Å²) in [5, 5.41) is 3.35. The molecule has 0 spiro atoms. The van der Waals surface area contributed by atoms with Crippen LogP contribution >= 0.6 is 0 Å². The summed E-state index contributed by atoms with van der Waals surface area (Å²) in [5.41, 5.74) is -0.0405. The van der Waals surface area contributed by atoms with E-state index >= 15 is 0 Å². The summed E-state index contributed by atoms with van der Waals surface area (Å²) in [6.07, 6.45) is 2.12. The largest absolute Gasteiger partial charge is 0.340 e. The fourth-order valence-electron chi connectivity index (χ4n) is 1.93. The van der Waals surface area contributed by atoms with E-state index in [1.54, 1.807) is 0 Å². The molecule has 100 valence electrons. The Balaban J connectivity index is 2.47. The summed E-state index contributed by atoms with van der Waals surface area (Å²) in [4.78, 5) is 16.3. The van der Waals surface area contributed by atoms with Crippen LogP contribution in [0.2, 0.25) is 0 Å². The minimum Gasteiger partial charge on any atom is -0.340 e. The van der Waals surface area contributed by atoms with E-state index in [0.717, 1.165) is 39.0 Å². The molecule has 1 saturated heterocycles. The van der Waals surface area contributed by atoms with Crippen molar-refractivity contribution in [2.75, 3.05) is 39.8 Å². The van der Waals surface area contributed by atoms with E-state index in [1.165, 1.54) is 0 Å². The maximum absolute atomic E-state index is 12.2. The van der Waals surface area contributed by atoms with E-state index in [2.05, 4.69) is 31.0 Å². The maximum atomic E-state index is 12.2. The van der Waals surface area contributed by atoms with Crippen molar-refractivity contribution in [2.45, 2.75) is 39.2 Å². The van der Waals surface area contributed by atoms with Gasteiger partial charge in [-0.1, -0.05) is 6.92 Å². The molecule has 1 aliphatic heterocycles. The zero-order valence-corrected chi connectivity index (χ0v) is 11.8. The number of carbonyl (C=O) groups excluding carboxylic acids is 1. The summed E-state index contributed by atoms with van der Waals surface area (Å²) < 4.78 is 0. The van der Waals surface area contributed by atoms with Gasteiger partial charge in [0.1, 0.15) is 0 Å². The topological polar surface area (TPSA) is 35.6 Å². The second-order valence-electron chi connectivity index (χ2n) is 5.50. The summed E-state index contributed by atoms with van der Waals surface area (Å²) in [6.45, 7) is 11.0. The highest BCUT2D eigenvalue weighted by molar-refractivity contribution is 5.78. The second kappa shape index (κ2) is 6.36. The normalized spacial score (nSPS) is 18.8. The number of hydrogen-bond donors (Lipinski definition) is 1. The second-order valence-corrected chi connectivity index (χ2v) is 5.50. The SMILES string of the molecule is CCC(C)(C)N(C)C(=O)CN1CCCNCC1. The highest BCUT2D eigenvalue weighted by Gasteiger charge is 2.26. The molecule has 0 atom stereocenters. The number of carbonyl (C=O) groups is 1. The predicted molar refractivity (Wildman–Crippen MR) is 71.1 cm³/mol. The van der Waals surface area contributed by atoms with Gasteiger partial charge in [-0.05, 0) is 39.8 Å². The van der Waals surface area contributed by atoms with Crippen molar-refractivity contribution in [3.63, 3.8) is 0 Å². The van der Waals surface area contributed by atoms with Gasteiger partial charge in [-0.25, -0.2) is 0 Å². The molecular formula is C13H27N3O. The molecule has 0 aromatic rings. The van der Waals surface area contributed by atoms with Gasteiger partial charge >= 0.3 is 0 Å². The van der Waals surface area contributed by atoms with Crippen LogP contribution in [0.3, 0.4) is 0 Å². The molecule has 4 nitrogen and oxygen atoms in total. The highest BCUT2D eigenvalue weighted by Crippen LogP contribution is 2.16. The maximum Gasteiger partial charge on any atom is 0.236 e. The first-order chi connectivity index (χ1) is 7.97. The summed E-state index contributed by atoms with van der Waals surface area (Å²) >= 11 is 0. The smallest absolute Gasteiger partial charge is 0.236 e. The van der Waals surface area contributed by atoms with Gasteiger partial charge < -0.3 is 10.2 Å². The van der Waals surface area contributed by atoms with Gasteiger partial charge in [0, 0.05) is 25.7 Å². The van der Waals surface area contributed by atoms with E-state index in [4.69, 9.17) is 0 Å². The van der Waals surface area contributed by atoms with Crippen LogP contribution in [0.25, 0.3) is 0 Å². The number of amides is 1. The van der Waals surface area contributed by atoms with Crippen LogP contribution in [0.4, 0.5) is 0 Å². The molecule has 1 fully saturated rings. The van der Waals surface area contributed by atoms with Crippen molar-refractivity contribution < 1.29 is 4.79 Å². The van der Waals surface area contributed by atoms with E-state index in [-0.39, 0.29) is 11.4 Å². The van der Waals surface area contributed by atoms with Gasteiger partial charge in [0.25, 0.3) is 0 Å². The minimum atomic E-state index is -0.0405. The highest BCUT2D eigenvalue weighted by atomic mass is 16.2. The lowest BCUT2D eigenvalue weighted by Crippen LogP contribution is -2.49. The summed E-state index contributed by atoms with van der Waals surface area (Å²) in [7, 11) is 1.92. The lowest BCUT2D eigenvalue weighted by Gasteiger charge is -2.36. The van der Waals surface area contributed by atoms with Crippen LogP contribution in [0.5, 0.6) is 0 Å². The summed E-state index contributed by atoms with van der Waals surface area (Å²) in [6, 6.07) is 0. The van der Waals surface area contributed by atoms with Crippen molar-refractivity contribution in [3.8, 4) is 0 Å². The number of nitrogens with zero attached hydrogens (tertiary/aromatic N) is 2. The molecule has 4 heteroatoms. The molecule has 0 aliphatic carbocycles. The van der Waals surface area contributed by atoms with Gasteiger partial charge in [0.2, 0.25) is 5.91 Å². The molecule has 1 N–H and O–H groups in total. The number of nitrogens with one attached hydrogen (secondary N) is 1. The monoisotopic (exact) mass is 241 g/mol. The first-order valence-electron chi connectivity index (χ1n) is 6.67. The Hall–Kier alpha value is -0.610. The van der Waals surface area contributed by atoms with E-state index in [1.807, 2.05) is 11.9 Å². The minimum absolute atomic E-state index is 0.0405. The molecule has 1 amide bonds. The lowest BCUT2D eigenvalue weighted by atomic mass is 10.00. The van der Waals surface area contributed by atoms with Gasteiger partial charge in [-0.15, -0.1) is 0 Å². The number of hydrogen-bond acceptors (Lipinski definition) is 3. The fraction of sp³-hybridized carbons (Fsp3) is 0.923. The van der Waals surface area contributed by atoms with E-state index < -0.39 is 0 Å². The van der Waals surface area contributed by atoms with Crippen molar-refractivity contribution in [3.05, 3.63) is 0 Å². The Labute approximate surface area is 105 Å². The molecule has 0 radical (unpaired) electrons. The van der Waals surface area contributed by atoms with E-state index in [0.29, 0.717) is 6.54 Å². The Morgan fingerprint density at radius 1 is 1.35 bits per heavy atom. The fourth-order valence-corrected chi connectivity index (χ4v) is 1.93. The van der Waals surface area contributed by atoms with Crippen LogP contribution in [0, 0.1) is 0 Å². The van der Waals surface area contributed by atoms with E-state index in [9.17, 15) is 4.79 Å². The Morgan fingerprint density at radius 2 is 2.06 bits per heavy atom. The molecule has 0 bridgehead atoms.